The van der Waals surface area contributed by atoms with Gasteiger partial charge >= 0.3 is 6.36 Å². The molecule has 0 heterocycles. The number of aliphatic hydroxyl groups excluding tert-OH is 1. The van der Waals surface area contributed by atoms with E-state index in [1.54, 1.807) is 7.05 Å². The van der Waals surface area contributed by atoms with Gasteiger partial charge in [0.05, 0.1) is 12.5 Å². The number of hydrogen-bond donors (Lipinski definition) is 1. The highest BCUT2D eigenvalue weighted by molar-refractivity contribution is 5.78. The quantitative estimate of drug-likeness (QED) is 0.876. The molecule has 0 saturated heterocycles. The van der Waals surface area contributed by atoms with Crippen LogP contribution < -0.4 is 4.74 Å². The lowest BCUT2D eigenvalue weighted by Gasteiger charge is -2.20. The summed E-state index contributed by atoms with van der Waals surface area (Å²) < 4.78 is 39.9. The fraction of sp³-hybridized carbons (Fsp3) is 0.533. The van der Waals surface area contributed by atoms with Crippen LogP contribution in [0.25, 0.3) is 0 Å². The first kappa shape index (κ1) is 16.6. The van der Waals surface area contributed by atoms with Crippen molar-refractivity contribution in [3.05, 3.63) is 29.8 Å². The number of halogens is 3. The second-order valence-electron chi connectivity index (χ2n) is 5.55. The number of nitrogens with zero attached hydrogens (tertiary/aromatic N) is 1. The van der Waals surface area contributed by atoms with E-state index in [-0.39, 0.29) is 30.5 Å². The first-order chi connectivity index (χ1) is 10.2. The van der Waals surface area contributed by atoms with Crippen LogP contribution in [-0.4, -0.2) is 42.0 Å². The maximum atomic E-state index is 12.0. The lowest BCUT2D eigenvalue weighted by Crippen LogP contribution is -2.36. The predicted molar refractivity (Wildman–Crippen MR) is 73.2 cm³/mol. The Morgan fingerprint density at radius 2 is 1.95 bits per heavy atom. The Morgan fingerprint density at radius 1 is 1.36 bits per heavy atom. The lowest BCUT2D eigenvalue weighted by molar-refractivity contribution is -0.274. The molecule has 7 heteroatoms. The highest BCUT2D eigenvalue weighted by atomic mass is 19.4. The van der Waals surface area contributed by atoms with Crippen molar-refractivity contribution in [1.29, 1.82) is 0 Å². The number of hydrogen-bond acceptors (Lipinski definition) is 3. The van der Waals surface area contributed by atoms with E-state index >= 15 is 0 Å². The Labute approximate surface area is 126 Å². The second-order valence-corrected chi connectivity index (χ2v) is 5.55. The van der Waals surface area contributed by atoms with E-state index in [0.717, 1.165) is 12.8 Å². The molecular weight excluding hydrogens is 299 g/mol. The van der Waals surface area contributed by atoms with E-state index < -0.39 is 12.5 Å². The first-order valence-electron chi connectivity index (χ1n) is 7.01. The Morgan fingerprint density at radius 3 is 2.45 bits per heavy atom. The molecule has 1 saturated carbocycles. The molecule has 1 N–H and O–H groups in total. The van der Waals surface area contributed by atoms with Crippen molar-refractivity contribution in [1.82, 2.24) is 4.90 Å². The summed E-state index contributed by atoms with van der Waals surface area (Å²) in [6.07, 6.45) is -3.18. The summed E-state index contributed by atoms with van der Waals surface area (Å²) in [5.74, 6) is -0.223. The largest absolute Gasteiger partial charge is 0.573 e. The zero-order chi connectivity index (χ0) is 16.3. The zero-order valence-electron chi connectivity index (χ0n) is 12.1. The molecule has 0 aromatic heterocycles. The van der Waals surface area contributed by atoms with E-state index in [9.17, 15) is 23.1 Å². The van der Waals surface area contributed by atoms with Gasteiger partial charge in [0.25, 0.3) is 0 Å². The minimum atomic E-state index is -4.73. The monoisotopic (exact) mass is 317 g/mol. The van der Waals surface area contributed by atoms with E-state index in [4.69, 9.17) is 0 Å². The van der Waals surface area contributed by atoms with Crippen LogP contribution in [0.5, 0.6) is 5.75 Å². The van der Waals surface area contributed by atoms with Crippen molar-refractivity contribution >= 4 is 5.91 Å². The van der Waals surface area contributed by atoms with Crippen LogP contribution >= 0.6 is 0 Å². The predicted octanol–water partition coefficient (Wildman–Crippen LogP) is 2.36. The normalized spacial score (nSPS) is 16.2. The van der Waals surface area contributed by atoms with Crippen molar-refractivity contribution < 1.29 is 27.8 Å². The topological polar surface area (TPSA) is 49.8 Å². The Bertz CT molecular complexity index is 512. The first-order valence-corrected chi connectivity index (χ1v) is 7.01. The molecule has 4 nitrogen and oxygen atoms in total. The lowest BCUT2D eigenvalue weighted by atomic mass is 10.1. The van der Waals surface area contributed by atoms with Crippen molar-refractivity contribution in [2.24, 2.45) is 5.92 Å². The average molecular weight is 317 g/mol. The van der Waals surface area contributed by atoms with E-state index in [1.807, 2.05) is 0 Å². The molecule has 1 aliphatic carbocycles. The number of aliphatic hydroxyl groups is 1. The SMILES string of the molecule is CN(CC(O)C1CC1)C(=O)Cc1ccc(OC(F)(F)F)cc1. The van der Waals surface area contributed by atoms with Crippen LogP contribution in [0.1, 0.15) is 18.4 Å². The van der Waals surface area contributed by atoms with E-state index in [0.29, 0.717) is 5.56 Å². The third kappa shape index (κ3) is 5.22. The average Bonchev–Trinajstić information content (AvgIpc) is 3.23. The number of likely N-dealkylation sites (N-methyl/N-ethyl adjacent to an activating group) is 1. The maximum absolute atomic E-state index is 12.0. The second kappa shape index (κ2) is 6.56. The van der Waals surface area contributed by atoms with E-state index in [1.165, 1.54) is 29.2 Å². The highest BCUT2D eigenvalue weighted by Crippen LogP contribution is 2.32. The zero-order valence-corrected chi connectivity index (χ0v) is 12.1. The van der Waals surface area contributed by atoms with Crippen molar-refractivity contribution in [3.8, 4) is 5.75 Å². The maximum Gasteiger partial charge on any atom is 0.573 e. The van der Waals surface area contributed by atoms with Gasteiger partial charge in [-0.2, -0.15) is 0 Å². The van der Waals surface area contributed by atoms with Crippen molar-refractivity contribution in [2.45, 2.75) is 31.7 Å². The van der Waals surface area contributed by atoms with Gasteiger partial charge in [0, 0.05) is 13.6 Å². The molecule has 1 amide bonds. The number of ether oxygens (including phenoxy) is 1. The molecule has 0 spiro atoms. The van der Waals surface area contributed by atoms with Crippen molar-refractivity contribution in [3.63, 3.8) is 0 Å². The van der Waals surface area contributed by atoms with Crippen LogP contribution in [0.15, 0.2) is 24.3 Å². The van der Waals surface area contributed by atoms with Gasteiger partial charge in [-0.1, -0.05) is 12.1 Å². The molecule has 0 aliphatic heterocycles. The van der Waals surface area contributed by atoms with Gasteiger partial charge in [-0.25, -0.2) is 0 Å². The minimum Gasteiger partial charge on any atom is -0.406 e. The van der Waals surface area contributed by atoms with Gasteiger partial charge in [-0.3, -0.25) is 4.79 Å². The molecule has 2 rings (SSSR count). The molecule has 0 bridgehead atoms. The molecule has 22 heavy (non-hydrogen) atoms. The number of benzene rings is 1. The Balaban J connectivity index is 1.85. The molecule has 1 aliphatic rings. The van der Waals surface area contributed by atoms with Crippen LogP contribution in [0.3, 0.4) is 0 Å². The van der Waals surface area contributed by atoms with Gasteiger partial charge in [0.1, 0.15) is 5.75 Å². The number of amides is 1. The number of alkyl halides is 3. The fourth-order valence-corrected chi connectivity index (χ4v) is 2.13. The number of rotatable bonds is 6. The standard InChI is InChI=1S/C15H18F3NO3/c1-19(9-13(20)11-4-5-11)14(21)8-10-2-6-12(7-3-10)22-15(16,17)18/h2-3,6-7,11,13,20H,4-5,8-9H2,1H3. The molecule has 0 radical (unpaired) electrons. The fourth-order valence-electron chi connectivity index (χ4n) is 2.13. The Hall–Kier alpha value is -1.76. The summed E-state index contributed by atoms with van der Waals surface area (Å²) in [5, 5.41) is 9.80. The smallest absolute Gasteiger partial charge is 0.406 e. The number of carbonyl (C=O) groups excluding carboxylic acids is 1. The highest BCUT2D eigenvalue weighted by Gasteiger charge is 2.32. The summed E-state index contributed by atoms with van der Waals surface area (Å²) in [5.41, 5.74) is 0.590. The number of carbonyl (C=O) groups is 1. The summed E-state index contributed by atoms with van der Waals surface area (Å²) >= 11 is 0. The molecule has 1 fully saturated rings. The molecule has 122 valence electrons. The molecular formula is C15H18F3NO3. The van der Waals surface area contributed by atoms with Crippen LogP contribution in [-0.2, 0) is 11.2 Å². The van der Waals surface area contributed by atoms with Crippen LogP contribution in [0.2, 0.25) is 0 Å². The van der Waals surface area contributed by atoms with Gasteiger partial charge in [-0.05, 0) is 36.5 Å². The summed E-state index contributed by atoms with van der Waals surface area (Å²) in [4.78, 5) is 13.5. The van der Waals surface area contributed by atoms with Gasteiger partial charge in [0.2, 0.25) is 5.91 Å². The molecule has 1 unspecified atom stereocenters. The van der Waals surface area contributed by atoms with Gasteiger partial charge in [-0.15, -0.1) is 13.2 Å². The molecule has 1 aromatic carbocycles. The van der Waals surface area contributed by atoms with Crippen LogP contribution in [0.4, 0.5) is 13.2 Å². The summed E-state index contributed by atoms with van der Waals surface area (Å²) in [6.45, 7) is 0.277. The third-order valence-corrected chi connectivity index (χ3v) is 3.57. The third-order valence-electron chi connectivity index (χ3n) is 3.57. The Kier molecular flexibility index (Phi) is 4.95. The van der Waals surface area contributed by atoms with Crippen molar-refractivity contribution in [2.75, 3.05) is 13.6 Å². The van der Waals surface area contributed by atoms with Gasteiger partial charge < -0.3 is 14.7 Å². The van der Waals surface area contributed by atoms with Gasteiger partial charge in [0.15, 0.2) is 0 Å². The van der Waals surface area contributed by atoms with E-state index in [2.05, 4.69) is 4.74 Å². The molecule has 1 aromatic rings. The minimum absolute atomic E-state index is 0.0696. The van der Waals surface area contributed by atoms with Crippen LogP contribution in [0, 0.1) is 5.92 Å². The summed E-state index contributed by atoms with van der Waals surface area (Å²) in [6, 6.07) is 5.19. The molecule has 1 atom stereocenters. The summed E-state index contributed by atoms with van der Waals surface area (Å²) in [7, 11) is 1.61.